The Morgan fingerprint density at radius 3 is 2.50 bits per heavy atom. The number of amides is 1. The van der Waals surface area contributed by atoms with E-state index in [4.69, 9.17) is 16.6 Å². The molecule has 1 aliphatic rings. The summed E-state index contributed by atoms with van der Waals surface area (Å²) in [5, 5.41) is 9.13. The number of anilines is 2. The Morgan fingerprint density at radius 1 is 1.30 bits per heavy atom. The molecule has 0 unspecified atom stereocenters. The number of nitrogen functional groups attached to an aromatic ring is 1. The van der Waals surface area contributed by atoms with Crippen LogP contribution in [-0.2, 0) is 4.79 Å². The quantitative estimate of drug-likeness (QED) is 0.700. The number of hydrogen-bond acceptors (Lipinski definition) is 4. The Labute approximate surface area is 117 Å². The Morgan fingerprint density at radius 2 is 1.95 bits per heavy atom. The van der Waals surface area contributed by atoms with Gasteiger partial charge in [0.1, 0.15) is 0 Å². The predicted octanol–water partition coefficient (Wildman–Crippen LogP) is 1.20. The Kier molecular flexibility index (Phi) is 4.12. The Hall–Kier alpha value is -2.24. The number of benzene rings is 1. The van der Waals surface area contributed by atoms with Crippen molar-refractivity contribution in [3.63, 3.8) is 0 Å². The molecular formula is C14H19N3O3. The van der Waals surface area contributed by atoms with Gasteiger partial charge in [-0.25, -0.2) is 4.79 Å². The molecule has 1 fully saturated rings. The second kappa shape index (κ2) is 5.81. The summed E-state index contributed by atoms with van der Waals surface area (Å²) in [6.07, 6.45) is 4.12. The van der Waals surface area contributed by atoms with E-state index in [0.29, 0.717) is 5.69 Å². The van der Waals surface area contributed by atoms with Gasteiger partial charge in [-0.15, -0.1) is 0 Å². The van der Waals surface area contributed by atoms with E-state index in [0.717, 1.165) is 25.7 Å². The minimum atomic E-state index is -1.07. The summed E-state index contributed by atoms with van der Waals surface area (Å²) >= 11 is 0. The maximum absolute atomic E-state index is 11.3. The first-order valence-electron chi connectivity index (χ1n) is 6.67. The largest absolute Gasteiger partial charge is 0.478 e. The van der Waals surface area contributed by atoms with Gasteiger partial charge in [-0.1, -0.05) is 18.9 Å². The molecule has 20 heavy (non-hydrogen) atoms. The molecule has 6 nitrogen and oxygen atoms in total. The summed E-state index contributed by atoms with van der Waals surface area (Å²) in [6.45, 7) is 0.0535. The zero-order valence-corrected chi connectivity index (χ0v) is 11.2. The number of primary amides is 1. The fourth-order valence-electron chi connectivity index (χ4n) is 2.78. The highest BCUT2D eigenvalue weighted by Crippen LogP contribution is 2.33. The summed E-state index contributed by atoms with van der Waals surface area (Å²) in [5.41, 5.74) is 12.1. The van der Waals surface area contributed by atoms with Crippen molar-refractivity contribution in [2.75, 3.05) is 17.2 Å². The molecule has 1 aliphatic carbocycles. The monoisotopic (exact) mass is 277 g/mol. The maximum atomic E-state index is 11.3. The van der Waals surface area contributed by atoms with E-state index >= 15 is 0 Å². The lowest BCUT2D eigenvalue weighted by molar-refractivity contribution is -0.116. The van der Waals surface area contributed by atoms with Crippen LogP contribution in [0.15, 0.2) is 18.2 Å². The summed E-state index contributed by atoms with van der Waals surface area (Å²) in [7, 11) is 0. The van der Waals surface area contributed by atoms with Crippen molar-refractivity contribution in [3.05, 3.63) is 23.8 Å². The highest BCUT2D eigenvalue weighted by molar-refractivity contribution is 5.97. The topological polar surface area (TPSA) is 110 Å². The van der Waals surface area contributed by atoms with Crippen LogP contribution in [0.5, 0.6) is 0 Å². The second-order valence-corrected chi connectivity index (χ2v) is 5.08. The molecule has 0 aromatic heterocycles. The normalized spacial score (nSPS) is 15.2. The molecule has 0 atom stereocenters. The number of hydrogen-bond donors (Lipinski definition) is 3. The lowest BCUT2D eigenvalue weighted by Crippen LogP contribution is -2.40. The van der Waals surface area contributed by atoms with Crippen LogP contribution in [-0.4, -0.2) is 29.6 Å². The van der Waals surface area contributed by atoms with Gasteiger partial charge in [-0.2, -0.15) is 0 Å². The molecule has 1 aromatic rings. The van der Waals surface area contributed by atoms with Gasteiger partial charge in [0.05, 0.1) is 23.5 Å². The number of para-hydroxylation sites is 1. The number of aromatic carboxylic acids is 1. The molecule has 0 bridgehead atoms. The molecule has 0 aliphatic heterocycles. The van der Waals surface area contributed by atoms with E-state index in [1.165, 1.54) is 6.07 Å². The van der Waals surface area contributed by atoms with Gasteiger partial charge in [-0.05, 0) is 25.0 Å². The fourth-order valence-corrected chi connectivity index (χ4v) is 2.78. The van der Waals surface area contributed by atoms with Crippen LogP contribution in [0.3, 0.4) is 0 Å². The first-order valence-corrected chi connectivity index (χ1v) is 6.67. The molecule has 2 rings (SSSR count). The number of carboxylic acid groups (broad SMARTS) is 1. The van der Waals surface area contributed by atoms with Gasteiger partial charge in [0.2, 0.25) is 5.91 Å². The second-order valence-electron chi connectivity index (χ2n) is 5.08. The van der Waals surface area contributed by atoms with E-state index in [1.54, 1.807) is 12.1 Å². The fraction of sp³-hybridized carbons (Fsp3) is 0.429. The van der Waals surface area contributed by atoms with Gasteiger partial charge < -0.3 is 21.5 Å². The maximum Gasteiger partial charge on any atom is 0.337 e. The van der Waals surface area contributed by atoms with Crippen molar-refractivity contribution in [2.24, 2.45) is 5.73 Å². The lowest BCUT2D eigenvalue weighted by Gasteiger charge is -2.31. The number of nitrogens with zero attached hydrogens (tertiary/aromatic N) is 1. The summed E-state index contributed by atoms with van der Waals surface area (Å²) in [6, 6.07) is 5.02. The van der Waals surface area contributed by atoms with Crippen molar-refractivity contribution >= 4 is 23.3 Å². The number of rotatable bonds is 5. The van der Waals surface area contributed by atoms with Crippen LogP contribution >= 0.6 is 0 Å². The molecule has 0 spiro atoms. The van der Waals surface area contributed by atoms with Crippen LogP contribution < -0.4 is 16.4 Å². The van der Waals surface area contributed by atoms with Gasteiger partial charge >= 0.3 is 5.97 Å². The molecule has 1 saturated carbocycles. The summed E-state index contributed by atoms with van der Waals surface area (Å²) in [5.74, 6) is -1.52. The molecule has 108 valence electrons. The first-order chi connectivity index (χ1) is 9.50. The number of carboxylic acids is 1. The molecule has 6 heteroatoms. The average molecular weight is 277 g/mol. The van der Waals surface area contributed by atoms with Crippen LogP contribution in [0.2, 0.25) is 0 Å². The van der Waals surface area contributed by atoms with E-state index in [2.05, 4.69) is 0 Å². The van der Waals surface area contributed by atoms with Gasteiger partial charge in [0, 0.05) is 6.04 Å². The molecule has 5 N–H and O–H groups in total. The van der Waals surface area contributed by atoms with E-state index in [1.807, 2.05) is 4.90 Å². The molecule has 0 heterocycles. The van der Waals surface area contributed by atoms with Crippen LogP contribution in [0.4, 0.5) is 11.4 Å². The third-order valence-electron chi connectivity index (χ3n) is 3.71. The lowest BCUT2D eigenvalue weighted by atomic mass is 10.1. The highest BCUT2D eigenvalue weighted by atomic mass is 16.4. The summed E-state index contributed by atoms with van der Waals surface area (Å²) < 4.78 is 0. The van der Waals surface area contributed by atoms with Crippen molar-refractivity contribution in [1.82, 2.24) is 0 Å². The van der Waals surface area contributed by atoms with Crippen LogP contribution in [0, 0.1) is 0 Å². The molecule has 0 radical (unpaired) electrons. The minimum absolute atomic E-state index is 0.0509. The third kappa shape index (κ3) is 2.84. The van der Waals surface area contributed by atoms with Crippen LogP contribution in [0.1, 0.15) is 36.0 Å². The minimum Gasteiger partial charge on any atom is -0.478 e. The molecule has 0 saturated heterocycles. The van der Waals surface area contributed by atoms with Gasteiger partial charge in [0.15, 0.2) is 0 Å². The smallest absolute Gasteiger partial charge is 0.337 e. The number of nitrogens with two attached hydrogens (primary N) is 2. The van der Waals surface area contributed by atoms with E-state index in [9.17, 15) is 9.59 Å². The summed E-state index contributed by atoms with van der Waals surface area (Å²) in [4.78, 5) is 24.3. The highest BCUT2D eigenvalue weighted by Gasteiger charge is 2.26. The zero-order valence-electron chi connectivity index (χ0n) is 11.2. The average Bonchev–Trinajstić information content (AvgIpc) is 2.89. The number of carbonyl (C=O) groups excluding carboxylic acids is 1. The van der Waals surface area contributed by atoms with Crippen LogP contribution in [0.25, 0.3) is 0 Å². The van der Waals surface area contributed by atoms with E-state index < -0.39 is 11.9 Å². The third-order valence-corrected chi connectivity index (χ3v) is 3.71. The molecular weight excluding hydrogens is 258 g/mol. The first kappa shape index (κ1) is 14.2. The van der Waals surface area contributed by atoms with Gasteiger partial charge in [0.25, 0.3) is 0 Å². The standard InChI is InChI=1S/C14H19N3O3/c15-12(18)8-17(9-4-1-2-5-9)11-7-3-6-10(13(11)16)14(19)20/h3,6-7,9H,1-2,4-5,8,16H2,(H2,15,18)(H,19,20). The SMILES string of the molecule is NC(=O)CN(c1cccc(C(=O)O)c1N)C1CCCC1. The molecule has 1 aromatic carbocycles. The van der Waals surface area contributed by atoms with Crippen molar-refractivity contribution in [2.45, 2.75) is 31.7 Å². The predicted molar refractivity (Wildman–Crippen MR) is 76.6 cm³/mol. The molecule has 1 amide bonds. The van der Waals surface area contributed by atoms with E-state index in [-0.39, 0.29) is 23.8 Å². The number of carbonyl (C=O) groups is 2. The van der Waals surface area contributed by atoms with Crippen molar-refractivity contribution < 1.29 is 14.7 Å². The van der Waals surface area contributed by atoms with Crippen molar-refractivity contribution in [3.8, 4) is 0 Å². The van der Waals surface area contributed by atoms with Gasteiger partial charge in [-0.3, -0.25) is 4.79 Å². The Balaban J connectivity index is 2.39. The van der Waals surface area contributed by atoms with Crippen molar-refractivity contribution in [1.29, 1.82) is 0 Å². The Bertz CT molecular complexity index is 524. The zero-order chi connectivity index (χ0) is 14.7.